The van der Waals surface area contributed by atoms with Gasteiger partial charge >= 0.3 is 0 Å². The molecule has 2 rings (SSSR count). The van der Waals surface area contributed by atoms with Crippen molar-refractivity contribution in [3.05, 3.63) is 28.8 Å². The maximum Gasteiger partial charge on any atom is 0.144 e. The first-order valence-electron chi connectivity index (χ1n) is 6.29. The normalized spacial score (nSPS) is 13.9. The molecule has 1 aromatic heterocycles. The maximum atomic E-state index is 13.7. The molecule has 0 spiro atoms. The van der Waals surface area contributed by atoms with E-state index < -0.39 is 11.4 Å². The lowest BCUT2D eigenvalue weighted by atomic mass is 10.1. The molecule has 1 unspecified atom stereocenters. The minimum Gasteiger partial charge on any atom is -0.377 e. The summed E-state index contributed by atoms with van der Waals surface area (Å²) in [7, 11) is 1.64. The predicted octanol–water partition coefficient (Wildman–Crippen LogP) is 4.55. The number of fused-ring (bicyclic) bond motifs is 1. The van der Waals surface area contributed by atoms with Crippen molar-refractivity contribution in [2.45, 2.75) is 38.3 Å². The Bertz CT molecular complexity index is 638. The summed E-state index contributed by atoms with van der Waals surface area (Å²) in [5, 5.41) is -0.237. The largest absolute Gasteiger partial charge is 0.377 e. The van der Waals surface area contributed by atoms with Crippen molar-refractivity contribution in [3.8, 4) is 0 Å². The van der Waals surface area contributed by atoms with Gasteiger partial charge < -0.3 is 9.30 Å². The van der Waals surface area contributed by atoms with Gasteiger partial charge in [-0.25, -0.2) is 9.37 Å². The summed E-state index contributed by atoms with van der Waals surface area (Å²) < 4.78 is 21.0. The minimum atomic E-state index is -0.468. The van der Waals surface area contributed by atoms with Gasteiger partial charge in [0.15, 0.2) is 0 Å². The van der Waals surface area contributed by atoms with Gasteiger partial charge in [-0.3, -0.25) is 0 Å². The number of benzene rings is 1. The highest BCUT2D eigenvalue weighted by Gasteiger charge is 2.23. The predicted molar refractivity (Wildman–Crippen MR) is 80.1 cm³/mol. The summed E-state index contributed by atoms with van der Waals surface area (Å²) >= 11 is 12.0. The van der Waals surface area contributed by atoms with Crippen LogP contribution in [0.3, 0.4) is 0 Å². The molecule has 0 aliphatic heterocycles. The molecule has 0 aliphatic rings. The van der Waals surface area contributed by atoms with Crippen LogP contribution in [0.4, 0.5) is 4.39 Å². The fourth-order valence-corrected chi connectivity index (χ4v) is 2.38. The Kier molecular flexibility index (Phi) is 4.28. The van der Waals surface area contributed by atoms with Crippen LogP contribution in [-0.2, 0) is 11.3 Å². The minimum absolute atomic E-state index is 0.0573. The standard InChI is InChI=1S/C14H17Cl2FN2O/c1-8(15)13-18-11-5-9(16)10(17)6-12(11)19(13)7-14(2,3)20-4/h5-6,8H,7H2,1-4H3. The van der Waals surface area contributed by atoms with Crippen LogP contribution in [-0.4, -0.2) is 22.3 Å². The summed E-state index contributed by atoms with van der Waals surface area (Å²) in [6.07, 6.45) is 0. The van der Waals surface area contributed by atoms with E-state index in [1.165, 1.54) is 12.1 Å². The monoisotopic (exact) mass is 318 g/mol. The van der Waals surface area contributed by atoms with Crippen molar-refractivity contribution in [1.82, 2.24) is 9.55 Å². The molecule has 1 heterocycles. The topological polar surface area (TPSA) is 27.1 Å². The molecule has 6 heteroatoms. The third-order valence-corrected chi connectivity index (χ3v) is 3.75. The molecule has 20 heavy (non-hydrogen) atoms. The first-order valence-corrected chi connectivity index (χ1v) is 7.11. The highest BCUT2D eigenvalue weighted by molar-refractivity contribution is 6.31. The van der Waals surface area contributed by atoms with Crippen LogP contribution >= 0.6 is 23.2 Å². The van der Waals surface area contributed by atoms with E-state index in [0.29, 0.717) is 23.4 Å². The van der Waals surface area contributed by atoms with Crippen LogP contribution in [0, 0.1) is 5.82 Å². The third-order valence-electron chi connectivity index (χ3n) is 3.27. The number of hydrogen-bond donors (Lipinski definition) is 0. The maximum absolute atomic E-state index is 13.7. The molecule has 0 aliphatic carbocycles. The first kappa shape index (κ1) is 15.5. The number of hydrogen-bond acceptors (Lipinski definition) is 2. The highest BCUT2D eigenvalue weighted by atomic mass is 35.5. The number of methoxy groups -OCH3 is 1. The molecule has 0 amide bonds. The third kappa shape index (κ3) is 2.92. The van der Waals surface area contributed by atoms with Gasteiger partial charge in [0.1, 0.15) is 11.6 Å². The molecule has 0 radical (unpaired) electrons. The number of halogens is 3. The van der Waals surface area contributed by atoms with Gasteiger partial charge in [-0.1, -0.05) is 11.6 Å². The Balaban J connectivity index is 2.65. The van der Waals surface area contributed by atoms with E-state index in [2.05, 4.69) is 4.98 Å². The zero-order valence-electron chi connectivity index (χ0n) is 11.9. The Labute approximate surface area is 127 Å². The molecule has 0 fully saturated rings. The molecule has 0 saturated heterocycles. The Hall–Kier alpha value is -0.840. The number of aromatic nitrogens is 2. The van der Waals surface area contributed by atoms with Gasteiger partial charge in [0.05, 0.1) is 33.6 Å². The molecular weight excluding hydrogens is 302 g/mol. The molecule has 1 aromatic carbocycles. The van der Waals surface area contributed by atoms with Crippen molar-refractivity contribution < 1.29 is 9.13 Å². The SMILES string of the molecule is COC(C)(C)Cn1c(C(C)Cl)nc2cc(Cl)c(F)cc21. The lowest BCUT2D eigenvalue weighted by molar-refractivity contribution is 0.00842. The molecule has 0 N–H and O–H groups in total. The number of imidazole rings is 1. The molecule has 0 bridgehead atoms. The number of alkyl halides is 1. The average Bonchev–Trinajstić information content (AvgIpc) is 2.68. The second-order valence-corrected chi connectivity index (χ2v) is 6.45. The van der Waals surface area contributed by atoms with Crippen molar-refractivity contribution in [1.29, 1.82) is 0 Å². The van der Waals surface area contributed by atoms with E-state index in [1.54, 1.807) is 7.11 Å². The van der Waals surface area contributed by atoms with Gasteiger partial charge in [-0.15, -0.1) is 11.6 Å². The van der Waals surface area contributed by atoms with Crippen LogP contribution in [0.5, 0.6) is 0 Å². The van der Waals surface area contributed by atoms with Gasteiger partial charge in [-0.05, 0) is 26.8 Å². The quantitative estimate of drug-likeness (QED) is 0.773. The average molecular weight is 319 g/mol. The zero-order valence-corrected chi connectivity index (χ0v) is 13.4. The lowest BCUT2D eigenvalue weighted by Gasteiger charge is -2.25. The van der Waals surface area contributed by atoms with Crippen LogP contribution in [0.25, 0.3) is 11.0 Å². The zero-order chi connectivity index (χ0) is 15.1. The van der Waals surface area contributed by atoms with E-state index >= 15 is 0 Å². The van der Waals surface area contributed by atoms with E-state index in [0.717, 1.165) is 0 Å². The highest BCUT2D eigenvalue weighted by Crippen LogP contribution is 2.29. The second kappa shape index (κ2) is 5.51. The smallest absolute Gasteiger partial charge is 0.144 e. The fourth-order valence-electron chi connectivity index (χ4n) is 2.05. The number of ether oxygens (including phenoxy) is 1. The Morgan fingerprint density at radius 2 is 2.10 bits per heavy atom. The van der Waals surface area contributed by atoms with Crippen LogP contribution in [0.1, 0.15) is 32.0 Å². The summed E-state index contributed by atoms with van der Waals surface area (Å²) in [5.41, 5.74) is 0.884. The first-order chi connectivity index (χ1) is 9.25. The Morgan fingerprint density at radius 3 is 2.65 bits per heavy atom. The van der Waals surface area contributed by atoms with Gasteiger partial charge in [0, 0.05) is 13.2 Å². The molecule has 110 valence electrons. The van der Waals surface area contributed by atoms with Crippen molar-refractivity contribution in [2.24, 2.45) is 0 Å². The summed E-state index contributed by atoms with van der Waals surface area (Å²) in [6.45, 7) is 6.26. The van der Waals surface area contributed by atoms with Gasteiger partial charge in [0.25, 0.3) is 0 Å². The van der Waals surface area contributed by atoms with Crippen LogP contribution in [0.2, 0.25) is 5.02 Å². The van der Waals surface area contributed by atoms with Gasteiger partial charge in [-0.2, -0.15) is 0 Å². The van der Waals surface area contributed by atoms with Gasteiger partial charge in [0.2, 0.25) is 0 Å². The summed E-state index contributed by atoms with van der Waals surface area (Å²) in [5.74, 6) is 0.206. The van der Waals surface area contributed by atoms with E-state index in [4.69, 9.17) is 27.9 Å². The number of rotatable bonds is 4. The van der Waals surface area contributed by atoms with Crippen molar-refractivity contribution >= 4 is 34.2 Å². The molecule has 0 saturated carbocycles. The summed E-state index contributed by atoms with van der Waals surface area (Å²) in [6, 6.07) is 2.91. The second-order valence-electron chi connectivity index (χ2n) is 5.39. The number of nitrogens with zero attached hydrogens (tertiary/aromatic N) is 2. The van der Waals surface area contributed by atoms with E-state index in [9.17, 15) is 4.39 Å². The fraction of sp³-hybridized carbons (Fsp3) is 0.500. The summed E-state index contributed by atoms with van der Waals surface area (Å²) in [4.78, 5) is 4.46. The molecule has 1 atom stereocenters. The van der Waals surface area contributed by atoms with E-state index in [-0.39, 0.29) is 10.4 Å². The molecule has 3 nitrogen and oxygen atoms in total. The Morgan fingerprint density at radius 1 is 1.45 bits per heavy atom. The molecule has 2 aromatic rings. The van der Waals surface area contributed by atoms with Crippen molar-refractivity contribution in [3.63, 3.8) is 0 Å². The van der Waals surface area contributed by atoms with Crippen molar-refractivity contribution in [2.75, 3.05) is 7.11 Å². The molecular formula is C14H17Cl2FN2O. The van der Waals surface area contributed by atoms with E-state index in [1.807, 2.05) is 25.3 Å². The lowest BCUT2D eigenvalue weighted by Crippen LogP contribution is -2.30. The van der Waals surface area contributed by atoms with Crippen LogP contribution in [0.15, 0.2) is 12.1 Å². The van der Waals surface area contributed by atoms with Crippen LogP contribution < -0.4 is 0 Å².